The number of rotatable bonds is 4. The van der Waals surface area contributed by atoms with Crippen molar-refractivity contribution in [3.8, 4) is 11.3 Å². The molecule has 0 aliphatic carbocycles. The maximum atomic E-state index is 10.8. The maximum absolute atomic E-state index is 10.8. The number of carboxylic acids is 1. The molecule has 96 valence electrons. The number of hydrogen-bond acceptors (Lipinski definition) is 3. The van der Waals surface area contributed by atoms with E-state index in [0.717, 1.165) is 22.4 Å². The molecule has 0 amide bonds. The van der Waals surface area contributed by atoms with E-state index < -0.39 is 5.97 Å². The van der Waals surface area contributed by atoms with Gasteiger partial charge in [-0.3, -0.25) is 0 Å². The quantitative estimate of drug-likeness (QED) is 0.680. The van der Waals surface area contributed by atoms with E-state index in [1.807, 2.05) is 36.6 Å². The van der Waals surface area contributed by atoms with Crippen LogP contribution in [0.5, 0.6) is 0 Å². The summed E-state index contributed by atoms with van der Waals surface area (Å²) >= 11 is 1.39. The molecule has 2 aromatic rings. The van der Waals surface area contributed by atoms with Gasteiger partial charge in [0.15, 0.2) is 0 Å². The zero-order valence-corrected chi connectivity index (χ0v) is 11.3. The summed E-state index contributed by atoms with van der Waals surface area (Å²) in [7, 11) is 0. The van der Waals surface area contributed by atoms with Crippen LogP contribution in [0.3, 0.4) is 0 Å². The van der Waals surface area contributed by atoms with Crippen molar-refractivity contribution < 1.29 is 9.90 Å². The molecule has 1 heterocycles. The summed E-state index contributed by atoms with van der Waals surface area (Å²) in [6.07, 6.45) is 3.29. The van der Waals surface area contributed by atoms with Gasteiger partial charge in [-0.15, -0.1) is 0 Å². The fourth-order valence-corrected chi connectivity index (χ4v) is 2.26. The first-order valence-electron chi connectivity index (χ1n) is 5.70. The molecule has 19 heavy (non-hydrogen) atoms. The van der Waals surface area contributed by atoms with Gasteiger partial charge in [0.1, 0.15) is 0 Å². The Morgan fingerprint density at radius 2 is 2.21 bits per heavy atom. The lowest BCUT2D eigenvalue weighted by molar-refractivity contribution is -0.132. The lowest BCUT2D eigenvalue weighted by Crippen LogP contribution is -1.95. The molecule has 1 N–H and O–H groups in total. The van der Waals surface area contributed by atoms with Gasteiger partial charge in [0.05, 0.1) is 11.3 Å². The normalized spacial score (nSPS) is 10.8. The lowest BCUT2D eigenvalue weighted by Gasteiger charge is -2.06. The summed E-state index contributed by atoms with van der Waals surface area (Å²) in [5.41, 5.74) is 3.99. The molecule has 0 spiro atoms. The number of aryl methyl sites for hydroxylation is 1. The van der Waals surface area contributed by atoms with Gasteiger partial charge < -0.3 is 5.11 Å². The smallest absolute Gasteiger partial charge is 0.335 e. The Labute approximate surface area is 115 Å². The lowest BCUT2D eigenvalue weighted by atomic mass is 9.98. The van der Waals surface area contributed by atoms with Gasteiger partial charge in [0.2, 0.25) is 0 Å². The summed E-state index contributed by atoms with van der Waals surface area (Å²) in [6.45, 7) is 5.48. The van der Waals surface area contributed by atoms with Crippen LogP contribution in [0.2, 0.25) is 0 Å². The molecule has 0 unspecified atom stereocenters. The maximum Gasteiger partial charge on any atom is 0.335 e. The van der Waals surface area contributed by atoms with Crippen LogP contribution in [-0.4, -0.2) is 15.4 Å². The summed E-state index contributed by atoms with van der Waals surface area (Å²) < 4.78 is 4.32. The highest BCUT2D eigenvalue weighted by molar-refractivity contribution is 7.03. The van der Waals surface area contributed by atoms with Crippen LogP contribution < -0.4 is 0 Å². The minimum Gasteiger partial charge on any atom is -0.478 e. The molecule has 0 radical (unpaired) electrons. The standard InChI is InChI=1S/C15H13NO2S/c1-10-4-3-5-13(14-8-9-19-16-14)12(10)7-6-11(2)15(17)18/h3-9H,2H2,1H3,(H,17,18)/b7-6-. The molecule has 0 bridgehead atoms. The van der Waals surface area contributed by atoms with Crippen molar-refractivity contribution in [1.29, 1.82) is 0 Å². The Morgan fingerprint density at radius 3 is 2.84 bits per heavy atom. The Morgan fingerprint density at radius 1 is 1.42 bits per heavy atom. The topological polar surface area (TPSA) is 50.2 Å². The van der Waals surface area contributed by atoms with E-state index in [-0.39, 0.29) is 5.57 Å². The van der Waals surface area contributed by atoms with Gasteiger partial charge in [-0.1, -0.05) is 30.9 Å². The minimum atomic E-state index is -1.01. The van der Waals surface area contributed by atoms with E-state index in [9.17, 15) is 4.79 Å². The third-order valence-corrected chi connectivity index (χ3v) is 3.32. The van der Waals surface area contributed by atoms with Gasteiger partial charge in [-0.25, -0.2) is 4.79 Å². The molecule has 0 aliphatic rings. The van der Waals surface area contributed by atoms with Gasteiger partial charge in [0.25, 0.3) is 0 Å². The van der Waals surface area contributed by atoms with Crippen LogP contribution >= 0.6 is 11.5 Å². The summed E-state index contributed by atoms with van der Waals surface area (Å²) in [6, 6.07) is 7.88. The predicted octanol–water partition coefficient (Wildman–Crippen LogP) is 3.77. The molecular formula is C15H13NO2S. The molecule has 1 aromatic carbocycles. The molecular weight excluding hydrogens is 258 g/mol. The van der Waals surface area contributed by atoms with Crippen LogP contribution in [0.15, 0.2) is 47.9 Å². The Balaban J connectivity index is 2.45. The first kappa shape index (κ1) is 13.2. The molecule has 0 saturated carbocycles. The van der Waals surface area contributed by atoms with Crippen molar-refractivity contribution in [3.63, 3.8) is 0 Å². The highest BCUT2D eigenvalue weighted by atomic mass is 32.1. The van der Waals surface area contributed by atoms with E-state index in [1.54, 1.807) is 6.08 Å². The van der Waals surface area contributed by atoms with Crippen LogP contribution in [0.4, 0.5) is 0 Å². The first-order valence-corrected chi connectivity index (χ1v) is 6.54. The second-order valence-electron chi connectivity index (χ2n) is 4.08. The molecule has 2 rings (SSSR count). The highest BCUT2D eigenvalue weighted by Gasteiger charge is 2.07. The average molecular weight is 271 g/mol. The highest BCUT2D eigenvalue weighted by Crippen LogP contribution is 2.27. The zero-order chi connectivity index (χ0) is 13.8. The monoisotopic (exact) mass is 271 g/mol. The van der Waals surface area contributed by atoms with Crippen LogP contribution in [0, 0.1) is 6.92 Å². The second-order valence-corrected chi connectivity index (χ2v) is 4.75. The van der Waals surface area contributed by atoms with E-state index in [2.05, 4.69) is 11.0 Å². The van der Waals surface area contributed by atoms with Crippen LogP contribution in [0.1, 0.15) is 11.1 Å². The first-order chi connectivity index (χ1) is 9.09. The molecule has 0 aliphatic heterocycles. The summed E-state index contributed by atoms with van der Waals surface area (Å²) in [5, 5.41) is 10.7. The van der Waals surface area contributed by atoms with E-state index in [4.69, 9.17) is 5.11 Å². The molecule has 4 heteroatoms. The Bertz CT molecular complexity index is 642. The van der Waals surface area contributed by atoms with Crippen molar-refractivity contribution in [2.45, 2.75) is 6.92 Å². The summed E-state index contributed by atoms with van der Waals surface area (Å²) in [4.78, 5) is 10.8. The number of hydrogen-bond donors (Lipinski definition) is 1. The van der Waals surface area contributed by atoms with Crippen molar-refractivity contribution >= 4 is 23.6 Å². The SMILES string of the molecule is C=C(/C=C\c1c(C)cccc1-c1ccsn1)C(=O)O. The third-order valence-electron chi connectivity index (χ3n) is 2.76. The van der Waals surface area contributed by atoms with Crippen LogP contribution in [-0.2, 0) is 4.79 Å². The predicted molar refractivity (Wildman–Crippen MR) is 78.1 cm³/mol. The Kier molecular flexibility index (Phi) is 3.92. The van der Waals surface area contributed by atoms with E-state index >= 15 is 0 Å². The molecule has 0 fully saturated rings. The minimum absolute atomic E-state index is 0.0625. The van der Waals surface area contributed by atoms with Crippen molar-refractivity contribution in [2.24, 2.45) is 0 Å². The van der Waals surface area contributed by atoms with Gasteiger partial charge in [0, 0.05) is 10.9 Å². The van der Waals surface area contributed by atoms with Crippen LogP contribution in [0.25, 0.3) is 17.3 Å². The number of carboxylic acid groups (broad SMARTS) is 1. The fourth-order valence-electron chi connectivity index (χ4n) is 1.73. The Hall–Kier alpha value is -2.20. The average Bonchev–Trinajstić information content (AvgIpc) is 2.90. The number of nitrogens with zero attached hydrogens (tertiary/aromatic N) is 1. The largest absolute Gasteiger partial charge is 0.478 e. The van der Waals surface area contributed by atoms with Crippen molar-refractivity contribution in [3.05, 3.63) is 59.0 Å². The number of aromatic nitrogens is 1. The second kappa shape index (κ2) is 5.63. The summed E-state index contributed by atoms with van der Waals surface area (Å²) in [5.74, 6) is -1.01. The molecule has 3 nitrogen and oxygen atoms in total. The number of aliphatic carboxylic acids is 1. The van der Waals surface area contributed by atoms with Gasteiger partial charge >= 0.3 is 5.97 Å². The van der Waals surface area contributed by atoms with Gasteiger partial charge in [-0.05, 0) is 41.7 Å². The van der Waals surface area contributed by atoms with Gasteiger partial charge in [-0.2, -0.15) is 4.37 Å². The van der Waals surface area contributed by atoms with E-state index in [1.165, 1.54) is 17.6 Å². The fraction of sp³-hybridized carbons (Fsp3) is 0.0667. The van der Waals surface area contributed by atoms with Crippen molar-refractivity contribution in [1.82, 2.24) is 4.37 Å². The third kappa shape index (κ3) is 2.98. The molecule has 1 aromatic heterocycles. The molecule has 0 saturated heterocycles. The van der Waals surface area contributed by atoms with Crippen molar-refractivity contribution in [2.75, 3.05) is 0 Å². The zero-order valence-electron chi connectivity index (χ0n) is 10.5. The van der Waals surface area contributed by atoms with E-state index in [0.29, 0.717) is 0 Å². The number of carbonyl (C=O) groups is 1. The molecule has 0 atom stereocenters. The number of benzene rings is 1.